The van der Waals surface area contributed by atoms with E-state index in [9.17, 15) is 9.59 Å². The number of aryl methyl sites for hydroxylation is 1. The highest BCUT2D eigenvalue weighted by Crippen LogP contribution is 2.29. The smallest absolute Gasteiger partial charge is 0.251 e. The van der Waals surface area contributed by atoms with Gasteiger partial charge < -0.3 is 19.9 Å². The first-order valence-electron chi connectivity index (χ1n) is 10.5. The lowest BCUT2D eigenvalue weighted by atomic mass is 9.87. The number of carbonyl (C=O) groups is 2. The van der Waals surface area contributed by atoms with E-state index in [1.807, 2.05) is 54.2 Å². The van der Waals surface area contributed by atoms with Crippen LogP contribution in [0.2, 0.25) is 0 Å². The van der Waals surface area contributed by atoms with E-state index in [0.717, 1.165) is 11.1 Å². The molecule has 1 heterocycles. The summed E-state index contributed by atoms with van der Waals surface area (Å²) < 4.78 is 7.32. The molecule has 0 aliphatic rings. The number of methoxy groups -OCH3 is 1. The molecule has 0 bridgehead atoms. The average molecular weight is 435 g/mol. The lowest BCUT2D eigenvalue weighted by Gasteiger charge is -2.21. The number of benzene rings is 2. The predicted molar refractivity (Wildman–Crippen MR) is 124 cm³/mol. The summed E-state index contributed by atoms with van der Waals surface area (Å²) in [5.41, 5.74) is 2.44. The van der Waals surface area contributed by atoms with Crippen LogP contribution >= 0.6 is 0 Å². The van der Waals surface area contributed by atoms with Crippen molar-refractivity contribution in [3.05, 3.63) is 83.4 Å². The highest BCUT2D eigenvalue weighted by Gasteiger charge is 2.24. The standard InChI is InChI=1S/C25H30N4O3/c1-25(2,3)18-12-10-17(11-13-18)24(31)27-16-21(30)28-22(23-26-14-15-29(23)4)19-8-6-7-9-20(19)32-5/h6-15,22H,16H2,1-5H3,(H,27,31)(H,28,30)/t22-/m0/s1. The zero-order valence-electron chi connectivity index (χ0n) is 19.2. The van der Waals surface area contributed by atoms with E-state index in [1.54, 1.807) is 25.4 Å². The lowest BCUT2D eigenvalue weighted by Crippen LogP contribution is -2.39. The Hall–Kier alpha value is -3.61. The Bertz CT molecular complexity index is 1080. The molecule has 7 heteroatoms. The van der Waals surface area contributed by atoms with Crippen LogP contribution in [0.15, 0.2) is 60.9 Å². The van der Waals surface area contributed by atoms with Gasteiger partial charge in [-0.05, 0) is 29.2 Å². The van der Waals surface area contributed by atoms with Crippen molar-refractivity contribution in [3.63, 3.8) is 0 Å². The third-order valence-corrected chi connectivity index (χ3v) is 5.29. The van der Waals surface area contributed by atoms with Crippen LogP contribution in [0.1, 0.15) is 54.1 Å². The maximum atomic E-state index is 12.8. The number of imidazole rings is 1. The Balaban J connectivity index is 1.71. The summed E-state index contributed by atoms with van der Waals surface area (Å²) in [6.45, 7) is 6.19. The second-order valence-electron chi connectivity index (χ2n) is 8.65. The number of aromatic nitrogens is 2. The van der Waals surface area contributed by atoms with Crippen molar-refractivity contribution in [3.8, 4) is 5.75 Å². The first-order chi connectivity index (χ1) is 15.2. The molecule has 2 aromatic carbocycles. The van der Waals surface area contributed by atoms with Crippen LogP contribution in [-0.2, 0) is 17.3 Å². The Labute approximate surface area is 188 Å². The van der Waals surface area contributed by atoms with Gasteiger partial charge >= 0.3 is 0 Å². The van der Waals surface area contributed by atoms with Crippen molar-refractivity contribution in [1.29, 1.82) is 0 Å². The van der Waals surface area contributed by atoms with Gasteiger partial charge in [-0.1, -0.05) is 51.1 Å². The molecule has 0 saturated heterocycles. The molecule has 32 heavy (non-hydrogen) atoms. The van der Waals surface area contributed by atoms with Gasteiger partial charge in [0.2, 0.25) is 5.91 Å². The fourth-order valence-electron chi connectivity index (χ4n) is 3.44. The van der Waals surface area contributed by atoms with Crippen molar-refractivity contribution in [2.75, 3.05) is 13.7 Å². The van der Waals surface area contributed by atoms with Gasteiger partial charge in [-0.25, -0.2) is 4.98 Å². The van der Waals surface area contributed by atoms with Crippen LogP contribution < -0.4 is 15.4 Å². The zero-order chi connectivity index (χ0) is 23.3. The summed E-state index contributed by atoms with van der Waals surface area (Å²) in [6.07, 6.45) is 3.49. The molecule has 3 rings (SSSR count). The fraction of sp³-hybridized carbons (Fsp3) is 0.320. The molecule has 2 N–H and O–H groups in total. The van der Waals surface area contributed by atoms with Crippen LogP contribution in [-0.4, -0.2) is 35.0 Å². The van der Waals surface area contributed by atoms with Gasteiger partial charge in [0.25, 0.3) is 5.91 Å². The van der Waals surface area contributed by atoms with Crippen molar-refractivity contribution in [2.45, 2.75) is 32.2 Å². The number of hydrogen-bond acceptors (Lipinski definition) is 4. The van der Waals surface area contributed by atoms with Gasteiger partial charge in [0, 0.05) is 30.6 Å². The topological polar surface area (TPSA) is 85.2 Å². The molecule has 0 saturated carbocycles. The van der Waals surface area contributed by atoms with E-state index >= 15 is 0 Å². The molecule has 1 atom stereocenters. The first kappa shape index (κ1) is 23.1. The summed E-state index contributed by atoms with van der Waals surface area (Å²) in [5.74, 6) is 0.672. The maximum Gasteiger partial charge on any atom is 0.251 e. The molecular weight excluding hydrogens is 404 g/mol. The van der Waals surface area contributed by atoms with Crippen molar-refractivity contribution in [2.24, 2.45) is 7.05 Å². The zero-order valence-corrected chi connectivity index (χ0v) is 19.2. The Kier molecular flexibility index (Phi) is 6.98. The molecule has 0 aliphatic carbocycles. The number of rotatable bonds is 7. The second kappa shape index (κ2) is 9.68. The Morgan fingerprint density at radius 2 is 1.78 bits per heavy atom. The number of ether oxygens (including phenoxy) is 1. The van der Waals surface area contributed by atoms with Crippen molar-refractivity contribution in [1.82, 2.24) is 20.2 Å². The SMILES string of the molecule is COc1ccccc1[C@H](NC(=O)CNC(=O)c1ccc(C(C)(C)C)cc1)c1nccn1C. The van der Waals surface area contributed by atoms with E-state index < -0.39 is 6.04 Å². The largest absolute Gasteiger partial charge is 0.496 e. The van der Waals surface area contributed by atoms with Gasteiger partial charge in [0.1, 0.15) is 17.6 Å². The first-order valence-corrected chi connectivity index (χ1v) is 10.5. The summed E-state index contributed by atoms with van der Waals surface area (Å²) in [6, 6.07) is 14.4. The van der Waals surface area contributed by atoms with Crippen LogP contribution in [0.5, 0.6) is 5.75 Å². The quantitative estimate of drug-likeness (QED) is 0.597. The number of nitrogens with one attached hydrogen (secondary N) is 2. The highest BCUT2D eigenvalue weighted by molar-refractivity contribution is 5.96. The average Bonchev–Trinajstić information content (AvgIpc) is 3.20. The van der Waals surface area contributed by atoms with Crippen LogP contribution in [0.3, 0.4) is 0 Å². The number of nitrogens with zero attached hydrogens (tertiary/aromatic N) is 2. The van der Waals surface area contributed by atoms with E-state index in [-0.39, 0.29) is 23.8 Å². The molecule has 0 fully saturated rings. The van der Waals surface area contributed by atoms with E-state index in [2.05, 4.69) is 36.4 Å². The van der Waals surface area contributed by atoms with Gasteiger partial charge in [-0.3, -0.25) is 9.59 Å². The fourth-order valence-corrected chi connectivity index (χ4v) is 3.44. The summed E-state index contributed by atoms with van der Waals surface area (Å²) in [7, 11) is 3.45. The van der Waals surface area contributed by atoms with Gasteiger partial charge in [0.15, 0.2) is 0 Å². The summed E-state index contributed by atoms with van der Waals surface area (Å²) >= 11 is 0. The number of para-hydroxylation sites is 1. The van der Waals surface area contributed by atoms with E-state index in [1.165, 1.54) is 0 Å². The summed E-state index contributed by atoms with van der Waals surface area (Å²) in [4.78, 5) is 29.7. The third-order valence-electron chi connectivity index (χ3n) is 5.29. The monoisotopic (exact) mass is 434 g/mol. The molecule has 7 nitrogen and oxygen atoms in total. The van der Waals surface area contributed by atoms with Gasteiger partial charge in [0.05, 0.1) is 13.7 Å². The van der Waals surface area contributed by atoms with Crippen molar-refractivity contribution >= 4 is 11.8 Å². The minimum atomic E-state index is -0.526. The minimum absolute atomic E-state index is 0.00732. The second-order valence-corrected chi connectivity index (χ2v) is 8.65. The van der Waals surface area contributed by atoms with Crippen LogP contribution in [0.25, 0.3) is 0 Å². The number of hydrogen-bond donors (Lipinski definition) is 2. The van der Waals surface area contributed by atoms with Crippen LogP contribution in [0.4, 0.5) is 0 Å². The molecule has 0 unspecified atom stereocenters. The number of carbonyl (C=O) groups excluding carboxylic acids is 2. The van der Waals surface area contributed by atoms with E-state index in [0.29, 0.717) is 17.1 Å². The Morgan fingerprint density at radius 1 is 1.09 bits per heavy atom. The van der Waals surface area contributed by atoms with Crippen LogP contribution in [0, 0.1) is 0 Å². The Morgan fingerprint density at radius 3 is 2.38 bits per heavy atom. The molecule has 2 amide bonds. The summed E-state index contributed by atoms with van der Waals surface area (Å²) in [5, 5.41) is 5.66. The molecule has 0 spiro atoms. The molecular formula is C25H30N4O3. The van der Waals surface area contributed by atoms with Crippen molar-refractivity contribution < 1.29 is 14.3 Å². The molecule has 168 valence electrons. The van der Waals surface area contributed by atoms with Gasteiger partial charge in [-0.2, -0.15) is 0 Å². The third kappa shape index (κ3) is 5.35. The maximum absolute atomic E-state index is 12.8. The normalized spacial score (nSPS) is 12.2. The molecule has 1 aromatic heterocycles. The highest BCUT2D eigenvalue weighted by atomic mass is 16.5. The number of amides is 2. The molecule has 3 aromatic rings. The van der Waals surface area contributed by atoms with E-state index in [4.69, 9.17) is 4.74 Å². The minimum Gasteiger partial charge on any atom is -0.496 e. The lowest BCUT2D eigenvalue weighted by molar-refractivity contribution is -0.120. The predicted octanol–water partition coefficient (Wildman–Crippen LogP) is 3.36. The van der Waals surface area contributed by atoms with Gasteiger partial charge in [-0.15, -0.1) is 0 Å². The molecule has 0 radical (unpaired) electrons. The molecule has 0 aliphatic heterocycles.